The second kappa shape index (κ2) is 42.7. The van der Waals surface area contributed by atoms with Crippen molar-refractivity contribution in [1.82, 2.24) is 0 Å². The summed E-state index contributed by atoms with van der Waals surface area (Å²) in [6.45, 7) is 39.2. The summed E-state index contributed by atoms with van der Waals surface area (Å²) in [6, 6.07) is 31.2. The minimum Gasteiger partial charge on any atom is -0.507 e. The van der Waals surface area contributed by atoms with E-state index in [1.807, 2.05) is 86.7 Å². The molecule has 16 heteroatoms. The Morgan fingerprint density at radius 1 is 0.336 bits per heavy atom. The lowest BCUT2D eigenvalue weighted by Crippen LogP contribution is -2.17. The average Bonchev–Trinajstić information content (AvgIpc) is 1.21. The molecule has 122 heavy (non-hydrogen) atoms. The molecule has 16 nitrogen and oxygen atoms in total. The van der Waals surface area contributed by atoms with Gasteiger partial charge >= 0.3 is 23.9 Å². The molecule has 8 aromatic rings. The number of hydrogen-bond donors (Lipinski definition) is 8. The van der Waals surface area contributed by atoms with Gasteiger partial charge in [-0.05, 0) is 337 Å². The van der Waals surface area contributed by atoms with Crippen molar-refractivity contribution in [2.24, 2.45) is 11.8 Å². The van der Waals surface area contributed by atoms with E-state index in [2.05, 4.69) is 92.8 Å². The molecule has 0 radical (unpaired) electrons. The second-order valence-corrected chi connectivity index (χ2v) is 36.4. The minimum atomic E-state index is -0.488. The first-order valence-corrected chi connectivity index (χ1v) is 43.6. The zero-order valence-corrected chi connectivity index (χ0v) is 75.1. The Morgan fingerprint density at radius 2 is 0.582 bits per heavy atom. The van der Waals surface area contributed by atoms with Gasteiger partial charge in [0, 0.05) is 36.8 Å². The summed E-state index contributed by atoms with van der Waals surface area (Å²) in [5, 5.41) is 86.0. The Labute approximate surface area is 724 Å². The molecule has 4 aliphatic carbocycles. The monoisotopic (exact) mass is 1660 g/mol. The fourth-order valence-electron chi connectivity index (χ4n) is 16.7. The molecule has 652 valence electrons. The van der Waals surface area contributed by atoms with Crippen LogP contribution in [0.5, 0.6) is 46.0 Å². The highest BCUT2D eigenvalue weighted by molar-refractivity contribution is 5.87. The first-order valence-electron chi connectivity index (χ1n) is 43.6. The molecule has 0 spiro atoms. The molecule has 2 unspecified atom stereocenters. The highest BCUT2D eigenvalue weighted by atomic mass is 16.5. The van der Waals surface area contributed by atoms with Crippen molar-refractivity contribution < 1.29 is 79.0 Å². The van der Waals surface area contributed by atoms with Gasteiger partial charge in [-0.3, -0.25) is 9.59 Å². The van der Waals surface area contributed by atoms with Crippen LogP contribution in [0.25, 0.3) is 0 Å². The van der Waals surface area contributed by atoms with E-state index in [-0.39, 0.29) is 96.9 Å². The predicted molar refractivity (Wildman–Crippen MR) is 485 cm³/mol. The van der Waals surface area contributed by atoms with Gasteiger partial charge in [0.25, 0.3) is 0 Å². The molecule has 2 fully saturated rings. The first-order chi connectivity index (χ1) is 57.7. The van der Waals surface area contributed by atoms with Gasteiger partial charge in [0.1, 0.15) is 72.4 Å². The molecular formula is C106H132O16. The van der Waals surface area contributed by atoms with Crippen molar-refractivity contribution >= 4 is 23.9 Å². The zero-order chi connectivity index (χ0) is 89.2. The van der Waals surface area contributed by atoms with Crippen LogP contribution in [0.2, 0.25) is 0 Å². The molecule has 0 aromatic heterocycles. The average molecular weight is 1660 g/mol. The topological polar surface area (TPSA) is 267 Å². The first kappa shape index (κ1) is 94.8. The summed E-state index contributed by atoms with van der Waals surface area (Å²) in [6.07, 6.45) is 26.6. The molecule has 8 N–H and O–H groups in total. The smallest absolute Gasteiger partial charge is 0.333 e. The van der Waals surface area contributed by atoms with Crippen molar-refractivity contribution in [3.63, 3.8) is 0 Å². The van der Waals surface area contributed by atoms with Crippen molar-refractivity contribution in [3.8, 4) is 46.0 Å². The molecule has 0 saturated heterocycles. The summed E-state index contributed by atoms with van der Waals surface area (Å²) >= 11 is 0. The van der Waals surface area contributed by atoms with E-state index in [1.165, 1.54) is 47.9 Å². The van der Waals surface area contributed by atoms with E-state index in [0.29, 0.717) is 114 Å². The molecule has 12 rings (SSSR count). The number of carbonyl (C=O) groups is 4. The molecule has 0 aliphatic heterocycles. The lowest BCUT2D eigenvalue weighted by Gasteiger charge is -2.26. The number of phenols is 8. The minimum absolute atomic E-state index is 0.0140. The number of phenolic OH excluding ortho intramolecular Hbond substituents is 8. The highest BCUT2D eigenvalue weighted by Crippen LogP contribution is 2.47. The number of ether oxygens (including phenoxy) is 4. The van der Waals surface area contributed by atoms with Crippen LogP contribution < -0.4 is 0 Å². The van der Waals surface area contributed by atoms with E-state index in [4.69, 9.17) is 18.9 Å². The van der Waals surface area contributed by atoms with Crippen LogP contribution in [0.15, 0.2) is 146 Å². The van der Waals surface area contributed by atoms with Gasteiger partial charge < -0.3 is 59.8 Å². The Morgan fingerprint density at radius 3 is 0.820 bits per heavy atom. The van der Waals surface area contributed by atoms with Crippen LogP contribution in [0.1, 0.15) is 304 Å². The van der Waals surface area contributed by atoms with Gasteiger partial charge in [-0.25, -0.2) is 9.59 Å². The van der Waals surface area contributed by atoms with Crippen LogP contribution in [0.3, 0.4) is 0 Å². The van der Waals surface area contributed by atoms with E-state index < -0.39 is 11.9 Å². The van der Waals surface area contributed by atoms with Gasteiger partial charge in [-0.1, -0.05) is 167 Å². The third-order valence-corrected chi connectivity index (χ3v) is 24.0. The fraction of sp³-hybridized carbons (Fsp3) is 0.434. The Kier molecular flexibility index (Phi) is 33.2. The lowest BCUT2D eigenvalue weighted by molar-refractivity contribution is -0.149. The van der Waals surface area contributed by atoms with Crippen molar-refractivity contribution in [2.75, 3.05) is 0 Å². The third kappa shape index (κ3) is 25.6. The summed E-state index contributed by atoms with van der Waals surface area (Å²) in [5.74, 6) is 1.15. The van der Waals surface area contributed by atoms with Crippen molar-refractivity contribution in [1.29, 1.82) is 0 Å². The van der Waals surface area contributed by atoms with Crippen LogP contribution in [-0.4, -0.2) is 64.7 Å². The normalized spacial score (nSPS) is 15.2. The van der Waals surface area contributed by atoms with Gasteiger partial charge in [0.2, 0.25) is 0 Å². The van der Waals surface area contributed by atoms with Crippen LogP contribution >= 0.6 is 0 Å². The number of hydrogen-bond acceptors (Lipinski definition) is 16. The molecule has 0 heterocycles. The molecule has 0 bridgehead atoms. The highest BCUT2D eigenvalue weighted by Gasteiger charge is 2.31. The SMILES string of the molecule is C=C(C)C(=O)OCc1cc(C)c(O)c(Cc2cc(COC(=O)C(=C)C)cc(C)c2O)c1.CC(C)(C)c1cc(Cc2cc(C(C)(C)C)cc(C3CCCC3)c2O)c(O)c(C2CCCC2)c1.CCc1cc(C)c(O)c(Cc2cc(CC)cc(C)c2O)c1.Cc1cc(COC(=O)C2C=CCCC2)cc(Cc2cc(COC(=O)C3C=CCCC3)cc(C)c2O)c1O. The van der Waals surface area contributed by atoms with E-state index >= 15 is 0 Å². The number of carbonyl (C=O) groups excluding carboxylic acids is 4. The lowest BCUT2D eigenvalue weighted by atomic mass is 9.79. The molecule has 2 saturated carbocycles. The molecule has 0 amide bonds. The van der Waals surface area contributed by atoms with Crippen molar-refractivity contribution in [2.45, 2.75) is 288 Å². The molecule has 4 aliphatic rings. The van der Waals surface area contributed by atoms with Crippen molar-refractivity contribution in [3.05, 3.63) is 279 Å². The van der Waals surface area contributed by atoms with Gasteiger partial charge in [-0.2, -0.15) is 0 Å². The van der Waals surface area contributed by atoms with Crippen LogP contribution in [-0.2, 0) is 114 Å². The Balaban J connectivity index is 0.000000188. The number of allylic oxidation sites excluding steroid dienone is 2. The zero-order valence-electron chi connectivity index (χ0n) is 75.1. The maximum absolute atomic E-state index is 12.4. The van der Waals surface area contributed by atoms with Gasteiger partial charge in [0.05, 0.1) is 11.8 Å². The maximum atomic E-state index is 12.4. The van der Waals surface area contributed by atoms with Gasteiger partial charge in [-0.15, -0.1) is 0 Å². The Bertz CT molecular complexity index is 4860. The van der Waals surface area contributed by atoms with E-state index in [9.17, 15) is 60.0 Å². The van der Waals surface area contributed by atoms with E-state index in [0.717, 1.165) is 133 Å². The Hall–Kier alpha value is -11.0. The molecule has 8 aromatic carbocycles. The maximum Gasteiger partial charge on any atom is 0.333 e. The largest absolute Gasteiger partial charge is 0.507 e. The third-order valence-electron chi connectivity index (χ3n) is 24.0. The summed E-state index contributed by atoms with van der Waals surface area (Å²) in [7, 11) is 0. The second-order valence-electron chi connectivity index (χ2n) is 36.4. The van der Waals surface area contributed by atoms with Crippen LogP contribution in [0.4, 0.5) is 0 Å². The molecular weight excluding hydrogens is 1530 g/mol. The number of rotatable bonds is 24. The fourth-order valence-corrected chi connectivity index (χ4v) is 16.7. The quantitative estimate of drug-likeness (QED) is 0.0121. The number of esters is 4. The summed E-state index contributed by atoms with van der Waals surface area (Å²) in [5.41, 5.74) is 21.3. The van der Waals surface area contributed by atoms with Gasteiger partial charge in [0.15, 0.2) is 0 Å². The van der Waals surface area contributed by atoms with E-state index in [1.54, 1.807) is 65.8 Å². The summed E-state index contributed by atoms with van der Waals surface area (Å²) < 4.78 is 21.5. The standard InChI is InChI=1S/C31H36O6.C31H44O2.C25H28O6.C19H24O2/c1-20-13-22(18-36-30(34)24-9-5-3-6-10-24)15-26(28(20)32)17-27-16-23(14-21(2)29(27)33)19-37-31(35)25-11-7-4-8-12-25;1-30(2,3)24-16-22(28(32)26(18-24)20-11-7-8-12-20)15-23-17-25(31(4,5)6)19-27(29(23)33)21-13-9-10-14-21;1-14(2)24(28)30-12-18-7-16(5)22(26)20(9-18)11-21-10-19(8-17(6)23(21)27)13-31-25(29)15(3)4;1-5-14-7-12(3)18(20)16(9-14)11-17-10-15(6-2)8-13(4)19(17)21/h5,7,9,11,13-16,24-25,32-33H,3-4,6,8,10,12,17-19H2,1-2H3;16-21,32-33H,7-15H2,1-6H3;7-10,26-27H,1,3,11-13H2,2,4-6H3;7-10,20-21H,5-6,11H2,1-4H3. The predicted octanol–water partition coefficient (Wildman–Crippen LogP) is 23.7. The van der Waals surface area contributed by atoms with Crippen LogP contribution in [0, 0.1) is 53.4 Å². The number of aryl methyl sites for hydroxylation is 8. The number of benzene rings is 8. The summed E-state index contributed by atoms with van der Waals surface area (Å²) in [4.78, 5) is 48.2. The number of aromatic hydroxyl groups is 8. The molecule has 2 atom stereocenters.